The maximum Gasteiger partial charge on any atom is 0.220 e. The van der Waals surface area contributed by atoms with Crippen LogP contribution in [0.25, 0.3) is 0 Å². The predicted molar refractivity (Wildman–Crippen MR) is 90.1 cm³/mol. The first-order chi connectivity index (χ1) is 11.6. The van der Waals surface area contributed by atoms with Crippen LogP contribution < -0.4 is 16.8 Å². The molecule has 8 heteroatoms. The number of carbonyl (C=O) groups is 1. The van der Waals surface area contributed by atoms with Crippen molar-refractivity contribution in [2.45, 2.75) is 69.5 Å². The third-order valence-corrected chi connectivity index (χ3v) is 4.08. The Morgan fingerprint density at radius 2 is 2.00 bits per heavy atom. The van der Waals surface area contributed by atoms with E-state index in [0.717, 1.165) is 32.2 Å². The highest BCUT2D eigenvalue weighted by Gasteiger charge is 2.35. The predicted octanol–water partition coefficient (Wildman–Crippen LogP) is -0.786. The molecule has 1 heterocycles. The minimum absolute atomic E-state index is 0.000412. The molecule has 0 saturated carbocycles. The Labute approximate surface area is 143 Å². The van der Waals surface area contributed by atoms with Gasteiger partial charge in [0.15, 0.2) is 6.29 Å². The fourth-order valence-corrected chi connectivity index (χ4v) is 2.58. The zero-order chi connectivity index (χ0) is 17.8. The van der Waals surface area contributed by atoms with Gasteiger partial charge in [-0.15, -0.1) is 0 Å². The first-order valence-corrected chi connectivity index (χ1v) is 8.86. The lowest BCUT2D eigenvalue weighted by molar-refractivity contribution is -0.231. The molecule has 4 atom stereocenters. The van der Waals surface area contributed by atoms with Crippen molar-refractivity contribution >= 4 is 5.91 Å². The van der Waals surface area contributed by atoms with Crippen LogP contribution in [-0.4, -0.2) is 67.0 Å². The van der Waals surface area contributed by atoms with Crippen LogP contribution in [0.1, 0.15) is 44.9 Å². The Morgan fingerprint density at radius 1 is 1.25 bits per heavy atom. The maximum atomic E-state index is 11.7. The normalized spacial score (nSPS) is 27.2. The smallest absolute Gasteiger partial charge is 0.220 e. The number of aliphatic hydroxyl groups excluding tert-OH is 2. The lowest BCUT2D eigenvalue weighted by atomic mass is 10.0. The quantitative estimate of drug-likeness (QED) is 0.292. The molecule has 1 aliphatic heterocycles. The summed E-state index contributed by atoms with van der Waals surface area (Å²) in [5, 5.41) is 21.8. The molecule has 0 aliphatic carbocycles. The van der Waals surface area contributed by atoms with Crippen molar-refractivity contribution < 1.29 is 24.5 Å². The molecule has 0 radical (unpaired) electrons. The van der Waals surface area contributed by atoms with E-state index < -0.39 is 24.5 Å². The van der Waals surface area contributed by atoms with Gasteiger partial charge in [-0.25, -0.2) is 0 Å². The van der Waals surface area contributed by atoms with Crippen molar-refractivity contribution in [2.24, 2.45) is 11.5 Å². The molecule has 0 aromatic rings. The number of hydrogen-bond acceptors (Lipinski definition) is 7. The van der Waals surface area contributed by atoms with E-state index in [-0.39, 0.29) is 12.5 Å². The molecule has 1 rings (SSSR count). The van der Waals surface area contributed by atoms with Gasteiger partial charge in [-0.05, 0) is 25.8 Å². The summed E-state index contributed by atoms with van der Waals surface area (Å²) >= 11 is 0. The van der Waals surface area contributed by atoms with Crippen molar-refractivity contribution in [1.82, 2.24) is 5.32 Å². The second-order valence-electron chi connectivity index (χ2n) is 6.22. The molecule has 0 bridgehead atoms. The number of amides is 1. The molecular weight excluding hydrogens is 314 g/mol. The lowest BCUT2D eigenvalue weighted by Crippen LogP contribution is -2.55. The molecular formula is C16H33N3O5. The largest absolute Gasteiger partial charge is 0.394 e. The van der Waals surface area contributed by atoms with E-state index in [1.807, 2.05) is 0 Å². The Kier molecular flexibility index (Phi) is 11.1. The van der Waals surface area contributed by atoms with Gasteiger partial charge in [-0.1, -0.05) is 12.8 Å². The summed E-state index contributed by atoms with van der Waals surface area (Å²) in [7, 11) is 0. The molecule has 24 heavy (non-hydrogen) atoms. The van der Waals surface area contributed by atoms with Crippen LogP contribution in [0.5, 0.6) is 0 Å². The summed E-state index contributed by atoms with van der Waals surface area (Å²) in [5.74, 6) is -0.000412. The van der Waals surface area contributed by atoms with Gasteiger partial charge >= 0.3 is 0 Å². The number of carbonyl (C=O) groups excluding carboxylic acids is 1. The number of rotatable bonds is 12. The minimum atomic E-state index is -0.761. The highest BCUT2D eigenvalue weighted by atomic mass is 16.7. The van der Waals surface area contributed by atoms with E-state index in [9.17, 15) is 9.90 Å². The van der Waals surface area contributed by atoms with Crippen LogP contribution in [0.2, 0.25) is 0 Å². The van der Waals surface area contributed by atoms with Gasteiger partial charge < -0.3 is 36.5 Å². The van der Waals surface area contributed by atoms with E-state index in [0.29, 0.717) is 32.4 Å². The zero-order valence-electron chi connectivity index (χ0n) is 14.4. The molecule has 142 valence electrons. The van der Waals surface area contributed by atoms with Crippen LogP contribution in [0.3, 0.4) is 0 Å². The summed E-state index contributed by atoms with van der Waals surface area (Å²) in [5.41, 5.74) is 11.2. The van der Waals surface area contributed by atoms with Crippen molar-refractivity contribution in [3.8, 4) is 0 Å². The van der Waals surface area contributed by atoms with Gasteiger partial charge in [0.2, 0.25) is 5.91 Å². The highest BCUT2D eigenvalue weighted by molar-refractivity contribution is 5.75. The minimum Gasteiger partial charge on any atom is -0.394 e. The van der Waals surface area contributed by atoms with Crippen LogP contribution in [-0.2, 0) is 14.3 Å². The Morgan fingerprint density at radius 3 is 2.71 bits per heavy atom. The first kappa shape index (κ1) is 21.3. The van der Waals surface area contributed by atoms with Crippen LogP contribution in [0.4, 0.5) is 0 Å². The number of unbranched alkanes of at least 4 members (excludes halogenated alkanes) is 3. The number of aliphatic hydroxyl groups is 2. The summed E-state index contributed by atoms with van der Waals surface area (Å²) in [6, 6.07) is -0.643. The third-order valence-electron chi connectivity index (χ3n) is 4.08. The van der Waals surface area contributed by atoms with Crippen LogP contribution in [0.15, 0.2) is 0 Å². The molecule has 4 unspecified atom stereocenters. The summed E-state index contributed by atoms with van der Waals surface area (Å²) in [4.78, 5) is 11.7. The third kappa shape index (κ3) is 8.36. The van der Waals surface area contributed by atoms with Crippen LogP contribution in [0, 0.1) is 0 Å². The van der Waals surface area contributed by atoms with E-state index in [1.165, 1.54) is 0 Å². The van der Waals surface area contributed by atoms with Gasteiger partial charge in [-0.2, -0.15) is 0 Å². The Hall–Kier alpha value is -0.770. The van der Waals surface area contributed by atoms with Gasteiger partial charge in [-0.3, -0.25) is 4.79 Å². The summed E-state index contributed by atoms with van der Waals surface area (Å²) in [6.07, 6.45) is 3.41. The molecule has 8 nitrogen and oxygen atoms in total. The lowest BCUT2D eigenvalue weighted by Gasteiger charge is -2.36. The first-order valence-electron chi connectivity index (χ1n) is 8.86. The SMILES string of the molecule is NCCCCCCNC(=O)CCCOC1OC(CO)CC(O)C1N. The molecule has 1 saturated heterocycles. The fraction of sp³-hybridized carbons (Fsp3) is 0.938. The van der Waals surface area contributed by atoms with Gasteiger partial charge in [0, 0.05) is 19.4 Å². The number of nitrogens with two attached hydrogens (primary N) is 2. The molecule has 0 aromatic heterocycles. The maximum absolute atomic E-state index is 11.7. The highest BCUT2D eigenvalue weighted by Crippen LogP contribution is 2.20. The average Bonchev–Trinajstić information content (AvgIpc) is 2.58. The van der Waals surface area contributed by atoms with Crippen molar-refractivity contribution in [3.63, 3.8) is 0 Å². The monoisotopic (exact) mass is 347 g/mol. The Balaban J connectivity index is 2.06. The molecule has 1 aliphatic rings. The van der Waals surface area contributed by atoms with Crippen LogP contribution >= 0.6 is 0 Å². The second-order valence-corrected chi connectivity index (χ2v) is 6.22. The molecule has 1 amide bonds. The van der Waals surface area contributed by atoms with Gasteiger partial charge in [0.25, 0.3) is 0 Å². The average molecular weight is 347 g/mol. The second kappa shape index (κ2) is 12.6. The number of ether oxygens (including phenoxy) is 2. The molecule has 1 fully saturated rings. The molecule has 0 aromatic carbocycles. The Bertz CT molecular complexity index is 346. The van der Waals surface area contributed by atoms with Crippen molar-refractivity contribution in [2.75, 3.05) is 26.3 Å². The molecule has 7 N–H and O–H groups in total. The van der Waals surface area contributed by atoms with Gasteiger partial charge in [0.05, 0.1) is 31.5 Å². The molecule has 0 spiro atoms. The van der Waals surface area contributed by atoms with Crippen molar-refractivity contribution in [3.05, 3.63) is 0 Å². The standard InChI is InChI=1S/C16H33N3O5/c17-7-3-1-2-4-8-19-14(22)6-5-9-23-16-15(18)13(21)10-12(11-20)24-16/h12-13,15-16,20-21H,1-11,17-18H2,(H,19,22). The van der Waals surface area contributed by atoms with E-state index in [4.69, 9.17) is 26.0 Å². The van der Waals surface area contributed by atoms with E-state index in [1.54, 1.807) is 0 Å². The fourth-order valence-electron chi connectivity index (χ4n) is 2.58. The number of nitrogens with one attached hydrogen (secondary N) is 1. The summed E-state index contributed by atoms with van der Waals surface area (Å²) < 4.78 is 11.0. The van der Waals surface area contributed by atoms with E-state index in [2.05, 4.69) is 5.32 Å². The number of hydrogen-bond donors (Lipinski definition) is 5. The topological polar surface area (TPSA) is 140 Å². The van der Waals surface area contributed by atoms with E-state index >= 15 is 0 Å². The summed E-state index contributed by atoms with van der Waals surface area (Å²) in [6.45, 7) is 1.53. The zero-order valence-corrected chi connectivity index (χ0v) is 14.4. The van der Waals surface area contributed by atoms with Crippen molar-refractivity contribution in [1.29, 1.82) is 0 Å². The van der Waals surface area contributed by atoms with Gasteiger partial charge in [0.1, 0.15) is 0 Å².